The van der Waals surface area contributed by atoms with Gasteiger partial charge >= 0.3 is 0 Å². The van der Waals surface area contributed by atoms with E-state index < -0.39 is 0 Å². The van der Waals surface area contributed by atoms with Gasteiger partial charge in [0, 0.05) is 30.9 Å². The van der Waals surface area contributed by atoms with Crippen molar-refractivity contribution in [2.75, 3.05) is 22.9 Å². The molecule has 0 bridgehead atoms. The first-order valence-electron chi connectivity index (χ1n) is 8.40. The van der Waals surface area contributed by atoms with Gasteiger partial charge in [-0.05, 0) is 37.1 Å². The quantitative estimate of drug-likeness (QED) is 0.853. The lowest BCUT2D eigenvalue weighted by Gasteiger charge is -2.21. The van der Waals surface area contributed by atoms with Crippen LogP contribution in [0.3, 0.4) is 0 Å². The van der Waals surface area contributed by atoms with Crippen molar-refractivity contribution >= 4 is 23.2 Å². The molecule has 0 aliphatic carbocycles. The van der Waals surface area contributed by atoms with Crippen molar-refractivity contribution in [2.24, 2.45) is 5.92 Å². The molecular weight excluding hydrogens is 300 g/mol. The fourth-order valence-electron chi connectivity index (χ4n) is 3.63. The van der Waals surface area contributed by atoms with E-state index >= 15 is 0 Å². The van der Waals surface area contributed by atoms with Gasteiger partial charge in [0.2, 0.25) is 11.8 Å². The lowest BCUT2D eigenvalue weighted by molar-refractivity contribution is -0.124. The Morgan fingerprint density at radius 1 is 1.08 bits per heavy atom. The summed E-state index contributed by atoms with van der Waals surface area (Å²) in [5.74, 6) is -0.155. The lowest BCUT2D eigenvalue weighted by Crippen LogP contribution is -2.36. The Morgan fingerprint density at radius 2 is 1.83 bits per heavy atom. The van der Waals surface area contributed by atoms with Crippen molar-refractivity contribution in [3.05, 3.63) is 59.7 Å². The Morgan fingerprint density at radius 3 is 2.62 bits per heavy atom. The maximum Gasteiger partial charge on any atom is 0.232 e. The first kappa shape index (κ1) is 14.9. The van der Waals surface area contributed by atoms with E-state index in [1.807, 2.05) is 54.3 Å². The zero-order valence-electron chi connectivity index (χ0n) is 13.7. The number of carbonyl (C=O) groups is 2. The fourth-order valence-corrected chi connectivity index (χ4v) is 3.63. The molecule has 2 aromatic carbocycles. The van der Waals surface area contributed by atoms with Gasteiger partial charge < -0.3 is 9.80 Å². The van der Waals surface area contributed by atoms with Crippen molar-refractivity contribution in [2.45, 2.75) is 19.8 Å². The van der Waals surface area contributed by atoms with Gasteiger partial charge in [-0.1, -0.05) is 35.9 Å². The highest BCUT2D eigenvalue weighted by molar-refractivity contribution is 6.05. The molecule has 1 atom stereocenters. The summed E-state index contributed by atoms with van der Waals surface area (Å²) in [4.78, 5) is 28.9. The highest BCUT2D eigenvalue weighted by Gasteiger charge is 2.38. The van der Waals surface area contributed by atoms with E-state index in [2.05, 4.69) is 6.07 Å². The molecule has 2 amide bonds. The molecule has 4 rings (SSSR count). The third-order valence-electron chi connectivity index (χ3n) is 4.97. The summed E-state index contributed by atoms with van der Waals surface area (Å²) in [7, 11) is 0. The van der Waals surface area contributed by atoms with Crippen LogP contribution in [-0.4, -0.2) is 24.9 Å². The number of rotatable bonds is 2. The van der Waals surface area contributed by atoms with E-state index in [1.165, 1.54) is 5.56 Å². The van der Waals surface area contributed by atoms with Crippen LogP contribution in [0.25, 0.3) is 0 Å². The second-order valence-corrected chi connectivity index (χ2v) is 6.61. The number of amides is 2. The van der Waals surface area contributed by atoms with E-state index in [1.54, 1.807) is 4.90 Å². The summed E-state index contributed by atoms with van der Waals surface area (Å²) in [6, 6.07) is 15.9. The molecule has 122 valence electrons. The summed E-state index contributed by atoms with van der Waals surface area (Å²) in [6.07, 6.45) is 1.19. The topological polar surface area (TPSA) is 40.6 Å². The largest absolute Gasteiger partial charge is 0.312 e. The molecule has 0 radical (unpaired) electrons. The van der Waals surface area contributed by atoms with Crippen LogP contribution in [0.2, 0.25) is 0 Å². The number of nitrogens with zero attached hydrogens (tertiary/aromatic N) is 2. The maximum atomic E-state index is 12.9. The van der Waals surface area contributed by atoms with E-state index in [-0.39, 0.29) is 17.7 Å². The Balaban J connectivity index is 1.53. The number of hydrogen-bond donors (Lipinski definition) is 0. The molecule has 4 heteroatoms. The zero-order chi connectivity index (χ0) is 16.7. The molecule has 2 heterocycles. The SMILES string of the molecule is Cc1ccc(N2C[C@H](C(=O)N3CCc4ccccc43)CC2=O)cc1. The maximum absolute atomic E-state index is 12.9. The van der Waals surface area contributed by atoms with Crippen LogP contribution in [0.1, 0.15) is 17.5 Å². The molecule has 0 spiro atoms. The summed E-state index contributed by atoms with van der Waals surface area (Å²) in [5.41, 5.74) is 4.25. The minimum atomic E-state index is -0.259. The first-order chi connectivity index (χ1) is 11.6. The molecule has 1 saturated heterocycles. The van der Waals surface area contributed by atoms with Gasteiger partial charge in [-0.3, -0.25) is 9.59 Å². The molecule has 4 nitrogen and oxygen atoms in total. The van der Waals surface area contributed by atoms with Crippen molar-refractivity contribution in [1.82, 2.24) is 0 Å². The number of benzene rings is 2. The summed E-state index contributed by atoms with van der Waals surface area (Å²) >= 11 is 0. The van der Waals surface area contributed by atoms with Crippen LogP contribution in [0.5, 0.6) is 0 Å². The molecule has 2 aliphatic heterocycles. The smallest absolute Gasteiger partial charge is 0.232 e. The summed E-state index contributed by atoms with van der Waals surface area (Å²) in [6.45, 7) is 3.21. The molecule has 1 fully saturated rings. The van der Waals surface area contributed by atoms with E-state index in [9.17, 15) is 9.59 Å². The molecule has 0 saturated carbocycles. The van der Waals surface area contributed by atoms with Crippen molar-refractivity contribution in [1.29, 1.82) is 0 Å². The number of anilines is 2. The second kappa shape index (κ2) is 5.78. The number of aryl methyl sites for hydroxylation is 1. The number of para-hydroxylation sites is 1. The van der Waals surface area contributed by atoms with Gasteiger partial charge in [-0.2, -0.15) is 0 Å². The van der Waals surface area contributed by atoms with Crippen LogP contribution in [0, 0.1) is 12.8 Å². The van der Waals surface area contributed by atoms with E-state index in [0.717, 1.165) is 23.4 Å². The van der Waals surface area contributed by atoms with Crippen molar-refractivity contribution in [3.8, 4) is 0 Å². The average molecular weight is 320 g/mol. The minimum absolute atomic E-state index is 0.0321. The number of hydrogen-bond acceptors (Lipinski definition) is 2. The van der Waals surface area contributed by atoms with E-state index in [4.69, 9.17) is 0 Å². The highest BCUT2D eigenvalue weighted by Crippen LogP contribution is 2.32. The van der Waals surface area contributed by atoms with Crippen LogP contribution >= 0.6 is 0 Å². The Bertz CT molecular complexity index is 798. The Hall–Kier alpha value is -2.62. The standard InChI is InChI=1S/C20H20N2O2/c1-14-6-8-17(9-7-14)22-13-16(12-19(22)23)20(24)21-11-10-15-4-2-3-5-18(15)21/h2-9,16H,10-13H2,1H3/t16-/m1/s1. The zero-order valence-corrected chi connectivity index (χ0v) is 13.7. The lowest BCUT2D eigenvalue weighted by atomic mass is 10.1. The van der Waals surface area contributed by atoms with Crippen molar-refractivity contribution < 1.29 is 9.59 Å². The van der Waals surface area contributed by atoms with E-state index in [0.29, 0.717) is 19.5 Å². The normalized spacial score (nSPS) is 19.7. The summed E-state index contributed by atoms with van der Waals surface area (Å²) < 4.78 is 0. The van der Waals surface area contributed by atoms with Gasteiger partial charge in [-0.15, -0.1) is 0 Å². The first-order valence-corrected chi connectivity index (χ1v) is 8.40. The third-order valence-corrected chi connectivity index (χ3v) is 4.97. The molecule has 2 aliphatic rings. The predicted octanol–water partition coefficient (Wildman–Crippen LogP) is 2.94. The van der Waals surface area contributed by atoms with Gasteiger partial charge in [0.15, 0.2) is 0 Å². The monoisotopic (exact) mass is 320 g/mol. The molecule has 0 unspecified atom stereocenters. The summed E-state index contributed by atoms with van der Waals surface area (Å²) in [5, 5.41) is 0. The number of carbonyl (C=O) groups excluding carboxylic acids is 2. The van der Waals surface area contributed by atoms with Gasteiger partial charge in [-0.25, -0.2) is 0 Å². The van der Waals surface area contributed by atoms with Gasteiger partial charge in [0.05, 0.1) is 5.92 Å². The van der Waals surface area contributed by atoms with Crippen LogP contribution in [0.15, 0.2) is 48.5 Å². The fraction of sp³-hybridized carbons (Fsp3) is 0.300. The molecule has 0 aromatic heterocycles. The van der Waals surface area contributed by atoms with Crippen LogP contribution < -0.4 is 9.80 Å². The Labute approximate surface area is 141 Å². The minimum Gasteiger partial charge on any atom is -0.312 e. The van der Waals surface area contributed by atoms with Gasteiger partial charge in [0.1, 0.15) is 0 Å². The van der Waals surface area contributed by atoms with Crippen LogP contribution in [-0.2, 0) is 16.0 Å². The third kappa shape index (κ3) is 2.48. The molecule has 24 heavy (non-hydrogen) atoms. The van der Waals surface area contributed by atoms with Crippen molar-refractivity contribution in [3.63, 3.8) is 0 Å². The average Bonchev–Trinajstić information content (AvgIpc) is 3.19. The molecular formula is C20H20N2O2. The van der Waals surface area contributed by atoms with Gasteiger partial charge in [0.25, 0.3) is 0 Å². The molecule has 0 N–H and O–H groups in total. The molecule has 2 aromatic rings. The predicted molar refractivity (Wildman–Crippen MR) is 94.1 cm³/mol. The van der Waals surface area contributed by atoms with Crippen LogP contribution in [0.4, 0.5) is 11.4 Å². The number of fused-ring (bicyclic) bond motifs is 1. The Kier molecular flexibility index (Phi) is 3.60. The highest BCUT2D eigenvalue weighted by atomic mass is 16.2. The second-order valence-electron chi connectivity index (χ2n) is 6.61.